The molecule has 0 unspecified atom stereocenters. The minimum atomic E-state index is -0.564. The Kier molecular flexibility index (Phi) is 4.89. The largest absolute Gasteiger partial charge is 0.505 e. The number of halogens is 1. The van der Waals surface area contributed by atoms with Crippen LogP contribution in [0.15, 0.2) is 40.6 Å². The van der Waals surface area contributed by atoms with E-state index in [1.807, 2.05) is 26.8 Å². The molecule has 0 heterocycles. The minimum Gasteiger partial charge on any atom is -0.505 e. The average Bonchev–Trinajstić information content (AvgIpc) is 2.47. The topological polar surface area (TPSA) is 88.1 Å². The third-order valence-electron chi connectivity index (χ3n) is 3.54. The molecule has 7 heteroatoms. The number of aryl methyl sites for hydroxylation is 1. The minimum absolute atomic E-state index is 0.0158. The van der Waals surface area contributed by atoms with Crippen molar-refractivity contribution >= 4 is 28.7 Å². The zero-order valence-electron chi connectivity index (χ0n) is 13.9. The molecule has 0 saturated carbocycles. The van der Waals surface area contributed by atoms with Crippen molar-refractivity contribution in [2.75, 3.05) is 0 Å². The summed E-state index contributed by atoms with van der Waals surface area (Å²) in [5.74, 6) is 0.0158. The smallest absolute Gasteiger partial charge is 0.298 e. The first-order valence-electron chi connectivity index (χ1n) is 7.30. The maximum absolute atomic E-state index is 11.1. The van der Waals surface area contributed by atoms with Gasteiger partial charge >= 0.3 is 0 Å². The van der Waals surface area contributed by atoms with E-state index < -0.39 is 4.92 Å². The number of azo groups is 1. The highest BCUT2D eigenvalue weighted by molar-refractivity contribution is 6.31. The first kappa shape index (κ1) is 17.9. The van der Waals surface area contributed by atoms with E-state index in [1.54, 1.807) is 19.1 Å². The third kappa shape index (κ3) is 3.71. The Balaban J connectivity index is 2.50. The molecule has 24 heavy (non-hydrogen) atoms. The summed E-state index contributed by atoms with van der Waals surface area (Å²) in [4.78, 5) is 10.6. The molecule has 0 atom stereocenters. The van der Waals surface area contributed by atoms with Crippen molar-refractivity contribution in [3.63, 3.8) is 0 Å². The summed E-state index contributed by atoms with van der Waals surface area (Å²) in [6.45, 7) is 7.63. The molecule has 2 aromatic rings. The Hall–Kier alpha value is -2.47. The highest BCUT2D eigenvalue weighted by Gasteiger charge is 2.20. The number of hydrogen-bond donors (Lipinski definition) is 1. The lowest BCUT2D eigenvalue weighted by Gasteiger charge is -2.20. The van der Waals surface area contributed by atoms with Crippen molar-refractivity contribution in [2.24, 2.45) is 10.2 Å². The Morgan fingerprint density at radius 1 is 1.17 bits per heavy atom. The van der Waals surface area contributed by atoms with E-state index in [-0.39, 0.29) is 28.2 Å². The van der Waals surface area contributed by atoms with Crippen LogP contribution in [-0.2, 0) is 5.41 Å². The second kappa shape index (κ2) is 6.57. The highest BCUT2D eigenvalue weighted by atomic mass is 35.5. The van der Waals surface area contributed by atoms with Gasteiger partial charge in [0.1, 0.15) is 11.4 Å². The summed E-state index contributed by atoms with van der Waals surface area (Å²) in [6.07, 6.45) is 0. The van der Waals surface area contributed by atoms with Crippen LogP contribution in [-0.4, -0.2) is 10.0 Å². The van der Waals surface area contributed by atoms with E-state index in [9.17, 15) is 15.2 Å². The second-order valence-corrected chi connectivity index (χ2v) is 6.88. The number of aromatic hydroxyl groups is 1. The van der Waals surface area contributed by atoms with Gasteiger partial charge in [-0.3, -0.25) is 10.1 Å². The lowest BCUT2D eigenvalue weighted by atomic mass is 9.86. The van der Waals surface area contributed by atoms with E-state index in [1.165, 1.54) is 12.1 Å². The molecule has 0 spiro atoms. The van der Waals surface area contributed by atoms with Crippen molar-refractivity contribution in [1.29, 1.82) is 0 Å². The number of para-hydroxylation sites is 1. The van der Waals surface area contributed by atoms with E-state index >= 15 is 0 Å². The first-order valence-corrected chi connectivity index (χ1v) is 7.68. The van der Waals surface area contributed by atoms with Crippen molar-refractivity contribution in [2.45, 2.75) is 33.1 Å². The zero-order valence-corrected chi connectivity index (χ0v) is 14.6. The number of hydrogen-bond acceptors (Lipinski definition) is 5. The molecule has 0 aliphatic rings. The normalized spacial score (nSPS) is 11.9. The average molecular weight is 348 g/mol. The van der Waals surface area contributed by atoms with Gasteiger partial charge in [-0.25, -0.2) is 0 Å². The van der Waals surface area contributed by atoms with E-state index in [2.05, 4.69) is 10.2 Å². The molecule has 0 aliphatic carbocycles. The Morgan fingerprint density at radius 3 is 2.38 bits per heavy atom. The number of nitro benzene ring substituents is 1. The van der Waals surface area contributed by atoms with Gasteiger partial charge in [0.2, 0.25) is 0 Å². The summed E-state index contributed by atoms with van der Waals surface area (Å²) in [7, 11) is 0. The van der Waals surface area contributed by atoms with Gasteiger partial charge in [-0.2, -0.15) is 0 Å². The number of phenols is 1. The van der Waals surface area contributed by atoms with Crippen LogP contribution in [0.5, 0.6) is 5.75 Å². The van der Waals surface area contributed by atoms with Crippen LogP contribution in [0.4, 0.5) is 17.1 Å². The summed E-state index contributed by atoms with van der Waals surface area (Å²) < 4.78 is 0. The molecule has 2 aromatic carbocycles. The Morgan fingerprint density at radius 2 is 1.79 bits per heavy atom. The van der Waals surface area contributed by atoms with E-state index in [4.69, 9.17) is 11.6 Å². The molecule has 2 rings (SSSR count). The fourth-order valence-electron chi connectivity index (χ4n) is 2.21. The predicted octanol–water partition coefficient (Wildman–Crippen LogP) is 5.98. The molecular formula is C17H18ClN3O3. The lowest BCUT2D eigenvalue weighted by Crippen LogP contribution is -2.10. The number of nitro groups is 1. The Labute approximate surface area is 145 Å². The van der Waals surface area contributed by atoms with Crippen LogP contribution in [0.3, 0.4) is 0 Å². The first-order chi connectivity index (χ1) is 11.1. The molecule has 0 bridgehead atoms. The van der Waals surface area contributed by atoms with E-state index in [0.29, 0.717) is 10.6 Å². The lowest BCUT2D eigenvalue weighted by molar-refractivity contribution is -0.384. The van der Waals surface area contributed by atoms with Gasteiger partial charge in [0, 0.05) is 11.6 Å². The highest BCUT2D eigenvalue weighted by Crippen LogP contribution is 2.39. The quantitative estimate of drug-likeness (QED) is 0.421. The summed E-state index contributed by atoms with van der Waals surface area (Å²) in [6, 6.07) is 7.91. The molecule has 0 fully saturated rings. The number of phenolic OH excluding ortho intramolecular Hbond substituents is 1. The molecule has 126 valence electrons. The molecule has 0 amide bonds. The van der Waals surface area contributed by atoms with Crippen molar-refractivity contribution < 1.29 is 10.0 Å². The maximum atomic E-state index is 11.1. The molecule has 0 saturated heterocycles. The molecular weight excluding hydrogens is 330 g/mol. The summed E-state index contributed by atoms with van der Waals surface area (Å²) in [5.41, 5.74) is 1.22. The second-order valence-electron chi connectivity index (χ2n) is 6.47. The van der Waals surface area contributed by atoms with Crippen molar-refractivity contribution in [3.05, 3.63) is 56.6 Å². The van der Waals surface area contributed by atoms with Gasteiger partial charge in [-0.1, -0.05) is 44.5 Å². The number of benzene rings is 2. The molecule has 0 aromatic heterocycles. The number of rotatable bonds is 3. The molecule has 1 N–H and O–H groups in total. The van der Waals surface area contributed by atoms with Gasteiger partial charge in [-0.05, 0) is 30.0 Å². The van der Waals surface area contributed by atoms with E-state index in [0.717, 1.165) is 5.56 Å². The standard InChI is InChI=1S/C17H18ClN3O3/c1-10-8-14(15(21(23)24)9-12(10)18)20-19-13-7-5-6-11(16(13)22)17(2,3)4/h5-9,22H,1-4H3. The van der Waals surface area contributed by atoms with Gasteiger partial charge < -0.3 is 5.11 Å². The van der Waals surface area contributed by atoms with Crippen LogP contribution in [0.25, 0.3) is 0 Å². The summed E-state index contributed by atoms with van der Waals surface area (Å²) >= 11 is 5.93. The van der Waals surface area contributed by atoms with Crippen LogP contribution in [0.1, 0.15) is 31.9 Å². The molecule has 0 aliphatic heterocycles. The van der Waals surface area contributed by atoms with Gasteiger partial charge in [0.15, 0.2) is 5.69 Å². The van der Waals surface area contributed by atoms with Gasteiger partial charge in [0.05, 0.1) is 9.95 Å². The van der Waals surface area contributed by atoms with Crippen molar-refractivity contribution in [1.82, 2.24) is 0 Å². The zero-order chi connectivity index (χ0) is 18.1. The monoisotopic (exact) mass is 347 g/mol. The van der Waals surface area contributed by atoms with Crippen LogP contribution < -0.4 is 0 Å². The third-order valence-corrected chi connectivity index (χ3v) is 3.95. The summed E-state index contributed by atoms with van der Waals surface area (Å²) in [5, 5.41) is 29.7. The van der Waals surface area contributed by atoms with Crippen LogP contribution >= 0.6 is 11.6 Å². The molecule has 0 radical (unpaired) electrons. The SMILES string of the molecule is Cc1cc(N=Nc2cccc(C(C)(C)C)c2O)c([N+](=O)[O-])cc1Cl. The maximum Gasteiger partial charge on any atom is 0.298 e. The Bertz CT molecular complexity index is 827. The van der Waals surface area contributed by atoms with Gasteiger partial charge in [-0.15, -0.1) is 10.2 Å². The predicted molar refractivity (Wildman–Crippen MR) is 93.8 cm³/mol. The van der Waals surface area contributed by atoms with Crippen LogP contribution in [0, 0.1) is 17.0 Å². The van der Waals surface area contributed by atoms with Gasteiger partial charge in [0.25, 0.3) is 5.69 Å². The van der Waals surface area contributed by atoms with Crippen molar-refractivity contribution in [3.8, 4) is 5.75 Å². The molecule has 6 nitrogen and oxygen atoms in total. The van der Waals surface area contributed by atoms with Crippen LogP contribution in [0.2, 0.25) is 5.02 Å². The fraction of sp³-hybridized carbons (Fsp3) is 0.294. The number of nitrogens with zero attached hydrogens (tertiary/aromatic N) is 3. The fourth-order valence-corrected chi connectivity index (χ4v) is 2.36.